The minimum absolute atomic E-state index is 0.198. The number of nitrogens with one attached hydrogen (secondary N) is 1. The lowest BCUT2D eigenvalue weighted by atomic mass is 9.93. The molecule has 1 fully saturated rings. The molecule has 4 heteroatoms. The Morgan fingerprint density at radius 2 is 1.94 bits per heavy atom. The second kappa shape index (κ2) is 4.70. The molecular formula is C12H17FN2O. The summed E-state index contributed by atoms with van der Waals surface area (Å²) in [5, 5.41) is 12.5. The number of aliphatic hydroxyl groups is 1. The SMILES string of the molecule is Nc1cccc(F)c1NC1CCC(O)CC1. The summed E-state index contributed by atoms with van der Waals surface area (Å²) < 4.78 is 13.5. The number of aliphatic hydroxyl groups excluding tert-OH is 1. The van der Waals surface area contributed by atoms with Crippen molar-refractivity contribution < 1.29 is 9.50 Å². The molecule has 16 heavy (non-hydrogen) atoms. The molecule has 0 unspecified atom stereocenters. The van der Waals surface area contributed by atoms with Crippen molar-refractivity contribution in [2.45, 2.75) is 37.8 Å². The van der Waals surface area contributed by atoms with E-state index in [9.17, 15) is 9.50 Å². The third-order valence-electron chi connectivity index (χ3n) is 3.09. The number of rotatable bonds is 2. The van der Waals surface area contributed by atoms with Gasteiger partial charge in [-0.3, -0.25) is 0 Å². The Balaban J connectivity index is 2.04. The van der Waals surface area contributed by atoms with E-state index < -0.39 is 0 Å². The molecule has 1 saturated carbocycles. The zero-order valence-electron chi connectivity index (χ0n) is 9.12. The van der Waals surface area contributed by atoms with Crippen molar-refractivity contribution in [3.63, 3.8) is 0 Å². The summed E-state index contributed by atoms with van der Waals surface area (Å²) in [5.41, 5.74) is 6.54. The van der Waals surface area contributed by atoms with Gasteiger partial charge in [0.2, 0.25) is 0 Å². The Kier molecular flexibility index (Phi) is 3.29. The largest absolute Gasteiger partial charge is 0.397 e. The van der Waals surface area contributed by atoms with Crippen LogP contribution in [-0.2, 0) is 0 Å². The molecule has 0 heterocycles. The second-order valence-electron chi connectivity index (χ2n) is 4.35. The average molecular weight is 224 g/mol. The maximum Gasteiger partial charge on any atom is 0.148 e. The smallest absolute Gasteiger partial charge is 0.148 e. The summed E-state index contributed by atoms with van der Waals surface area (Å²) in [6.07, 6.45) is 3.05. The van der Waals surface area contributed by atoms with Gasteiger partial charge < -0.3 is 16.2 Å². The van der Waals surface area contributed by atoms with Gasteiger partial charge in [0.05, 0.1) is 17.5 Å². The van der Waals surface area contributed by atoms with Gasteiger partial charge in [-0.25, -0.2) is 4.39 Å². The van der Waals surface area contributed by atoms with Crippen LogP contribution in [0.5, 0.6) is 0 Å². The van der Waals surface area contributed by atoms with Gasteiger partial charge in [0.25, 0.3) is 0 Å². The van der Waals surface area contributed by atoms with Gasteiger partial charge in [0, 0.05) is 6.04 Å². The molecule has 1 aliphatic rings. The zero-order valence-corrected chi connectivity index (χ0v) is 9.12. The van der Waals surface area contributed by atoms with E-state index in [1.165, 1.54) is 6.07 Å². The van der Waals surface area contributed by atoms with Crippen LogP contribution in [0.25, 0.3) is 0 Å². The lowest BCUT2D eigenvalue weighted by molar-refractivity contribution is 0.126. The minimum atomic E-state index is -0.314. The van der Waals surface area contributed by atoms with E-state index in [0.717, 1.165) is 25.7 Å². The maximum absolute atomic E-state index is 13.5. The van der Waals surface area contributed by atoms with Crippen molar-refractivity contribution in [2.24, 2.45) is 0 Å². The van der Waals surface area contributed by atoms with Gasteiger partial charge in [0.15, 0.2) is 0 Å². The highest BCUT2D eigenvalue weighted by molar-refractivity contribution is 5.66. The highest BCUT2D eigenvalue weighted by Crippen LogP contribution is 2.27. The number of halogens is 1. The standard InChI is InChI=1S/C12H17FN2O/c13-10-2-1-3-11(14)12(10)15-8-4-6-9(16)7-5-8/h1-3,8-9,15-16H,4-7,14H2. The molecule has 3 nitrogen and oxygen atoms in total. The van der Waals surface area contributed by atoms with Crippen LogP contribution >= 0.6 is 0 Å². The molecule has 0 spiro atoms. The molecule has 0 aliphatic heterocycles. The van der Waals surface area contributed by atoms with Crippen LogP contribution in [0.2, 0.25) is 0 Å². The quantitative estimate of drug-likeness (QED) is 0.674. The van der Waals surface area contributed by atoms with Crippen LogP contribution in [0.4, 0.5) is 15.8 Å². The van der Waals surface area contributed by atoms with Crippen LogP contribution in [-0.4, -0.2) is 17.3 Å². The zero-order chi connectivity index (χ0) is 11.5. The summed E-state index contributed by atoms with van der Waals surface area (Å²) in [6.45, 7) is 0. The topological polar surface area (TPSA) is 58.3 Å². The Bertz CT molecular complexity index is 342. The molecular weight excluding hydrogens is 207 g/mol. The first-order valence-corrected chi connectivity index (χ1v) is 5.65. The highest BCUT2D eigenvalue weighted by atomic mass is 19.1. The van der Waals surface area contributed by atoms with E-state index in [4.69, 9.17) is 5.73 Å². The molecule has 1 aliphatic carbocycles. The average Bonchev–Trinajstić information content (AvgIpc) is 2.26. The van der Waals surface area contributed by atoms with E-state index in [1.54, 1.807) is 12.1 Å². The number of anilines is 2. The van der Waals surface area contributed by atoms with Crippen molar-refractivity contribution in [1.82, 2.24) is 0 Å². The molecule has 0 radical (unpaired) electrons. The Labute approximate surface area is 94.5 Å². The number of hydrogen-bond donors (Lipinski definition) is 3. The second-order valence-corrected chi connectivity index (χ2v) is 4.35. The maximum atomic E-state index is 13.5. The number of nitrogens with two attached hydrogens (primary N) is 1. The number of nitrogen functional groups attached to an aromatic ring is 1. The van der Waals surface area contributed by atoms with Gasteiger partial charge in [-0.05, 0) is 37.8 Å². The first kappa shape index (κ1) is 11.2. The molecule has 1 aromatic rings. The predicted molar refractivity (Wildman–Crippen MR) is 62.7 cm³/mol. The molecule has 4 N–H and O–H groups in total. The third-order valence-corrected chi connectivity index (χ3v) is 3.09. The fourth-order valence-electron chi connectivity index (χ4n) is 2.12. The summed E-state index contributed by atoms with van der Waals surface area (Å²) in [5.74, 6) is -0.314. The molecule has 0 bridgehead atoms. The molecule has 1 aromatic carbocycles. The fourth-order valence-corrected chi connectivity index (χ4v) is 2.12. The summed E-state index contributed by atoms with van der Waals surface area (Å²) >= 11 is 0. The third kappa shape index (κ3) is 2.44. The van der Waals surface area contributed by atoms with Crippen LogP contribution in [0, 0.1) is 5.82 Å². The van der Waals surface area contributed by atoms with E-state index in [1.807, 2.05) is 0 Å². The Morgan fingerprint density at radius 3 is 2.56 bits per heavy atom. The first-order valence-electron chi connectivity index (χ1n) is 5.65. The monoisotopic (exact) mass is 224 g/mol. The van der Waals surface area contributed by atoms with Crippen LogP contribution in [0.1, 0.15) is 25.7 Å². The van der Waals surface area contributed by atoms with Crippen LogP contribution in [0.15, 0.2) is 18.2 Å². The predicted octanol–water partition coefficient (Wildman–Crippen LogP) is 2.12. The molecule has 88 valence electrons. The molecule has 0 atom stereocenters. The lowest BCUT2D eigenvalue weighted by Crippen LogP contribution is -2.28. The lowest BCUT2D eigenvalue weighted by Gasteiger charge is -2.27. The van der Waals surface area contributed by atoms with Crippen molar-refractivity contribution in [2.75, 3.05) is 11.1 Å². The van der Waals surface area contributed by atoms with Crippen LogP contribution < -0.4 is 11.1 Å². The van der Waals surface area contributed by atoms with Gasteiger partial charge >= 0.3 is 0 Å². The van der Waals surface area contributed by atoms with Gasteiger partial charge in [0.1, 0.15) is 5.82 Å². The van der Waals surface area contributed by atoms with E-state index in [0.29, 0.717) is 11.4 Å². The Morgan fingerprint density at radius 1 is 1.25 bits per heavy atom. The van der Waals surface area contributed by atoms with Crippen molar-refractivity contribution in [3.8, 4) is 0 Å². The van der Waals surface area contributed by atoms with Crippen molar-refractivity contribution in [3.05, 3.63) is 24.0 Å². The highest BCUT2D eigenvalue weighted by Gasteiger charge is 2.20. The number of para-hydroxylation sites is 1. The number of hydrogen-bond acceptors (Lipinski definition) is 3. The normalized spacial score (nSPS) is 25.4. The Hall–Kier alpha value is -1.29. The van der Waals surface area contributed by atoms with Gasteiger partial charge in [-0.1, -0.05) is 6.07 Å². The summed E-state index contributed by atoms with van der Waals surface area (Å²) in [4.78, 5) is 0. The van der Waals surface area contributed by atoms with Crippen molar-refractivity contribution >= 4 is 11.4 Å². The van der Waals surface area contributed by atoms with E-state index in [2.05, 4.69) is 5.32 Å². The minimum Gasteiger partial charge on any atom is -0.397 e. The summed E-state index contributed by atoms with van der Waals surface area (Å²) in [7, 11) is 0. The van der Waals surface area contributed by atoms with Gasteiger partial charge in [-0.15, -0.1) is 0 Å². The molecule has 0 saturated heterocycles. The fraction of sp³-hybridized carbons (Fsp3) is 0.500. The van der Waals surface area contributed by atoms with E-state index >= 15 is 0 Å². The van der Waals surface area contributed by atoms with Gasteiger partial charge in [-0.2, -0.15) is 0 Å². The van der Waals surface area contributed by atoms with Crippen LogP contribution in [0.3, 0.4) is 0 Å². The first-order chi connectivity index (χ1) is 7.66. The molecule has 0 aromatic heterocycles. The molecule has 0 amide bonds. The molecule has 2 rings (SSSR count). The van der Waals surface area contributed by atoms with E-state index in [-0.39, 0.29) is 18.0 Å². The van der Waals surface area contributed by atoms with Crippen molar-refractivity contribution in [1.29, 1.82) is 0 Å². The number of benzene rings is 1. The summed E-state index contributed by atoms with van der Waals surface area (Å²) in [6, 6.07) is 4.89.